The number of carbonyl (C=O) groups is 1. The first-order valence-corrected chi connectivity index (χ1v) is 13.0. The van der Waals surface area contributed by atoms with Crippen LogP contribution in [0.15, 0.2) is 12.1 Å². The predicted octanol–water partition coefficient (Wildman–Crippen LogP) is 3.18. The number of rotatable bonds is 3. The Morgan fingerprint density at radius 2 is 2.08 bits per heavy atom. The molecule has 4 N–H and O–H groups in total. The van der Waals surface area contributed by atoms with Crippen molar-refractivity contribution in [2.45, 2.75) is 51.2 Å². The number of nitrogens with one attached hydrogen (secondary N) is 2. The highest BCUT2D eigenvalue weighted by atomic mass is 32.1. The Balaban J connectivity index is 1.25. The number of benzene rings is 1. The second-order valence-electron chi connectivity index (χ2n) is 10.0. The third kappa shape index (κ3) is 3.74. The van der Waals surface area contributed by atoms with Gasteiger partial charge >= 0.3 is 0 Å². The highest BCUT2D eigenvalue weighted by Gasteiger charge is 2.36. The number of thiophene rings is 1. The molecule has 8 nitrogen and oxygen atoms in total. The number of ether oxygens (including phenoxy) is 1. The van der Waals surface area contributed by atoms with Crippen molar-refractivity contribution in [2.75, 3.05) is 30.3 Å². The van der Waals surface area contributed by atoms with E-state index in [0.717, 1.165) is 47.4 Å². The molecule has 186 valence electrons. The number of nitrogens with two attached hydrogens (primary N) is 1. The molecule has 0 spiro atoms. The van der Waals surface area contributed by atoms with Gasteiger partial charge in [-0.05, 0) is 44.4 Å². The Hall–Kier alpha value is -3.42. The van der Waals surface area contributed by atoms with E-state index in [-0.39, 0.29) is 18.9 Å². The van der Waals surface area contributed by atoms with Gasteiger partial charge in [0.2, 0.25) is 0 Å². The first-order valence-electron chi connectivity index (χ1n) is 12.2. The normalized spacial score (nSPS) is 22.7. The molecule has 0 aliphatic carbocycles. The molecule has 2 fully saturated rings. The van der Waals surface area contributed by atoms with Gasteiger partial charge in [-0.15, -0.1) is 11.3 Å². The number of nitrogens with zero attached hydrogens (tertiary/aromatic N) is 3. The van der Waals surface area contributed by atoms with E-state index in [1.807, 2.05) is 19.9 Å². The molecule has 3 aromatic rings. The summed E-state index contributed by atoms with van der Waals surface area (Å²) < 4.78 is 21.3. The van der Waals surface area contributed by atoms with Crippen LogP contribution in [0, 0.1) is 31.0 Å². The number of aromatic nitrogens is 1. The van der Waals surface area contributed by atoms with E-state index in [4.69, 9.17) is 10.5 Å². The summed E-state index contributed by atoms with van der Waals surface area (Å²) in [6, 6.07) is 5.91. The molecule has 2 unspecified atom stereocenters. The number of pyridine rings is 1. The van der Waals surface area contributed by atoms with E-state index >= 15 is 4.39 Å². The molecular weight excluding hydrogens is 479 g/mol. The third-order valence-electron chi connectivity index (χ3n) is 7.42. The maximum absolute atomic E-state index is 15.4. The van der Waals surface area contributed by atoms with Crippen molar-refractivity contribution >= 4 is 38.8 Å². The maximum Gasteiger partial charge on any atom is 0.263 e. The molecule has 10 heteroatoms. The highest BCUT2D eigenvalue weighted by molar-refractivity contribution is 7.21. The summed E-state index contributed by atoms with van der Waals surface area (Å²) in [5.41, 5.74) is 9.83. The predicted molar refractivity (Wildman–Crippen MR) is 137 cm³/mol. The average molecular weight is 507 g/mol. The fraction of sp³-hybridized carbons (Fsp3) is 0.423. The summed E-state index contributed by atoms with van der Waals surface area (Å²) in [4.78, 5) is 20.8. The van der Waals surface area contributed by atoms with Gasteiger partial charge in [0.1, 0.15) is 39.5 Å². The van der Waals surface area contributed by atoms with E-state index in [1.54, 1.807) is 0 Å². The van der Waals surface area contributed by atoms with E-state index in [0.29, 0.717) is 45.2 Å². The SMILES string of the molecule is Cc1cc(C)c2c(N)c(C(=O)N[C@H]3COc4c(C#N)c(N5CC6CCC(C5)N6)cc(F)c4C3)sc2n1. The maximum atomic E-state index is 15.4. The van der Waals surface area contributed by atoms with Crippen molar-refractivity contribution in [3.05, 3.63) is 45.2 Å². The lowest BCUT2D eigenvalue weighted by Crippen LogP contribution is -2.51. The summed E-state index contributed by atoms with van der Waals surface area (Å²) >= 11 is 1.25. The molecule has 5 heterocycles. The smallest absolute Gasteiger partial charge is 0.263 e. The molecule has 2 aromatic heterocycles. The van der Waals surface area contributed by atoms with Gasteiger partial charge in [-0.2, -0.15) is 5.26 Å². The minimum absolute atomic E-state index is 0.143. The molecule has 3 aliphatic heterocycles. The van der Waals surface area contributed by atoms with Crippen LogP contribution in [-0.2, 0) is 6.42 Å². The van der Waals surface area contributed by atoms with Crippen LogP contribution in [0.3, 0.4) is 0 Å². The van der Waals surface area contributed by atoms with Crippen molar-refractivity contribution in [3.63, 3.8) is 0 Å². The number of nitrogen functional groups attached to an aromatic ring is 1. The van der Waals surface area contributed by atoms with Crippen LogP contribution in [0.2, 0.25) is 0 Å². The summed E-state index contributed by atoms with van der Waals surface area (Å²) in [7, 11) is 0. The number of nitriles is 1. The lowest BCUT2D eigenvalue weighted by molar-refractivity contribution is 0.0919. The highest BCUT2D eigenvalue weighted by Crippen LogP contribution is 2.40. The number of halogens is 1. The van der Waals surface area contributed by atoms with Gasteiger partial charge in [-0.3, -0.25) is 4.79 Å². The molecule has 3 atom stereocenters. The number of aryl methyl sites for hydroxylation is 2. The molecule has 6 rings (SSSR count). The van der Waals surface area contributed by atoms with E-state index in [2.05, 4.69) is 26.6 Å². The van der Waals surface area contributed by atoms with E-state index < -0.39 is 11.9 Å². The van der Waals surface area contributed by atoms with Gasteiger partial charge in [0, 0.05) is 48.2 Å². The van der Waals surface area contributed by atoms with Gasteiger partial charge in [0.05, 0.1) is 17.4 Å². The van der Waals surface area contributed by atoms with Crippen molar-refractivity contribution in [3.8, 4) is 11.8 Å². The largest absolute Gasteiger partial charge is 0.490 e. The zero-order valence-electron chi connectivity index (χ0n) is 20.2. The van der Waals surface area contributed by atoms with E-state index in [9.17, 15) is 10.1 Å². The Bertz CT molecular complexity index is 1430. The Labute approximate surface area is 212 Å². The van der Waals surface area contributed by atoms with Crippen LogP contribution in [0.25, 0.3) is 10.2 Å². The van der Waals surface area contributed by atoms with Crippen molar-refractivity contribution in [2.24, 2.45) is 0 Å². The quantitative estimate of drug-likeness (QED) is 0.500. The second kappa shape index (κ2) is 8.61. The Morgan fingerprint density at radius 3 is 2.81 bits per heavy atom. The fourth-order valence-corrected chi connectivity index (χ4v) is 6.95. The van der Waals surface area contributed by atoms with Crippen LogP contribution in [0.5, 0.6) is 5.75 Å². The number of anilines is 2. The summed E-state index contributed by atoms with van der Waals surface area (Å²) in [5.74, 6) is -0.459. The number of carbonyl (C=O) groups excluding carboxylic acids is 1. The van der Waals surface area contributed by atoms with Crippen molar-refractivity contribution < 1.29 is 13.9 Å². The molecule has 0 saturated carbocycles. The van der Waals surface area contributed by atoms with Gasteiger partial charge in [-0.25, -0.2) is 9.37 Å². The van der Waals surface area contributed by atoms with Crippen molar-refractivity contribution in [1.29, 1.82) is 5.26 Å². The minimum atomic E-state index is -0.452. The molecule has 1 aromatic carbocycles. The molecule has 1 amide bonds. The Kier molecular flexibility index (Phi) is 5.50. The van der Waals surface area contributed by atoms with Gasteiger partial charge in [0.15, 0.2) is 0 Å². The molecule has 2 bridgehead atoms. The Morgan fingerprint density at radius 1 is 1.33 bits per heavy atom. The number of hydrogen-bond donors (Lipinski definition) is 3. The van der Waals surface area contributed by atoms with Crippen LogP contribution < -0.4 is 26.0 Å². The first-order chi connectivity index (χ1) is 17.3. The number of hydrogen-bond acceptors (Lipinski definition) is 8. The minimum Gasteiger partial charge on any atom is -0.490 e. The summed E-state index contributed by atoms with van der Waals surface area (Å²) in [5, 5.41) is 17.3. The molecular formula is C26H27FN6O2S. The van der Waals surface area contributed by atoms with Crippen molar-refractivity contribution in [1.82, 2.24) is 15.6 Å². The van der Waals surface area contributed by atoms with Gasteiger partial charge < -0.3 is 26.0 Å². The lowest BCUT2D eigenvalue weighted by atomic mass is 9.96. The van der Waals surface area contributed by atoms with Crippen LogP contribution >= 0.6 is 11.3 Å². The van der Waals surface area contributed by atoms with Crippen LogP contribution in [-0.4, -0.2) is 48.7 Å². The number of piperazine rings is 1. The van der Waals surface area contributed by atoms with E-state index in [1.165, 1.54) is 17.4 Å². The van der Waals surface area contributed by atoms with Crippen LogP contribution in [0.4, 0.5) is 15.8 Å². The monoisotopic (exact) mass is 506 g/mol. The molecule has 3 aliphatic rings. The first kappa shape index (κ1) is 23.0. The molecule has 36 heavy (non-hydrogen) atoms. The summed E-state index contributed by atoms with van der Waals surface area (Å²) in [6.45, 7) is 5.48. The molecule has 0 radical (unpaired) electrons. The van der Waals surface area contributed by atoms with Crippen LogP contribution in [0.1, 0.15) is 44.9 Å². The second-order valence-corrected chi connectivity index (χ2v) is 11.0. The number of fused-ring (bicyclic) bond motifs is 4. The van der Waals surface area contributed by atoms with Gasteiger partial charge in [0.25, 0.3) is 5.91 Å². The van der Waals surface area contributed by atoms with Gasteiger partial charge in [-0.1, -0.05) is 0 Å². The fourth-order valence-electron chi connectivity index (χ4n) is 5.83. The zero-order valence-corrected chi connectivity index (χ0v) is 21.0. The third-order valence-corrected chi connectivity index (χ3v) is 8.52. The standard InChI is InChI=1S/C26H27FN6O2S/c1-12-5-13(2)30-26-21(12)22(29)24(36-26)25(34)32-16-6-17-19(27)7-20(18(8-28)23(17)35-11-16)33-9-14-3-4-15(10-33)31-14/h5,7,14-16,31H,3-4,6,9-11,29H2,1-2H3,(H,32,34)/t14?,15?,16-/m1/s1. The lowest BCUT2D eigenvalue weighted by Gasteiger charge is -2.36. The molecule has 2 saturated heterocycles. The number of amides is 1. The zero-order chi connectivity index (χ0) is 25.1. The summed E-state index contributed by atoms with van der Waals surface area (Å²) in [6.07, 6.45) is 2.41. The topological polar surface area (TPSA) is 116 Å². The average Bonchev–Trinajstić information content (AvgIpc) is 3.36.